The number of phenolic OH excluding ortho intramolecular Hbond substituents is 1. The van der Waals surface area contributed by atoms with Crippen molar-refractivity contribution in [3.05, 3.63) is 36.2 Å². The molecule has 2 aromatic rings. The van der Waals surface area contributed by atoms with Crippen molar-refractivity contribution in [3.63, 3.8) is 0 Å². The lowest BCUT2D eigenvalue weighted by atomic mass is 10.3. The highest BCUT2D eigenvalue weighted by molar-refractivity contribution is 5.66. The van der Waals surface area contributed by atoms with E-state index in [1.165, 1.54) is 12.3 Å². The van der Waals surface area contributed by atoms with Crippen LogP contribution >= 0.6 is 0 Å². The summed E-state index contributed by atoms with van der Waals surface area (Å²) in [6.07, 6.45) is 1.54. The molecule has 0 bridgehead atoms. The summed E-state index contributed by atoms with van der Waals surface area (Å²) in [6.45, 7) is 2.09. The van der Waals surface area contributed by atoms with E-state index in [-0.39, 0.29) is 12.2 Å². The Morgan fingerprint density at radius 3 is 2.95 bits per heavy atom. The minimum atomic E-state index is -0.870. The number of rotatable bonds is 5. The topological polar surface area (TPSA) is 84.6 Å². The maximum absolute atomic E-state index is 10.5. The van der Waals surface area contributed by atoms with Gasteiger partial charge in [0.2, 0.25) is 0 Å². The van der Waals surface area contributed by atoms with Crippen LogP contribution in [0.5, 0.6) is 17.2 Å². The van der Waals surface area contributed by atoms with Crippen molar-refractivity contribution in [2.75, 3.05) is 0 Å². The third kappa shape index (κ3) is 3.25. The predicted molar refractivity (Wildman–Crippen MR) is 67.4 cm³/mol. The molecule has 0 unspecified atom stereocenters. The number of aryl methyl sites for hydroxylation is 1. The molecule has 0 radical (unpaired) electrons. The van der Waals surface area contributed by atoms with Gasteiger partial charge in [0.25, 0.3) is 0 Å². The third-order valence-corrected chi connectivity index (χ3v) is 2.64. The molecule has 0 aliphatic carbocycles. The molecule has 6 heteroatoms. The molecule has 100 valence electrons. The molecule has 0 fully saturated rings. The molecule has 0 aliphatic heterocycles. The molecule has 0 aliphatic rings. The van der Waals surface area contributed by atoms with Gasteiger partial charge in [0.15, 0.2) is 5.75 Å². The molecule has 0 saturated carbocycles. The van der Waals surface area contributed by atoms with E-state index in [1.54, 1.807) is 29.8 Å². The van der Waals surface area contributed by atoms with Crippen molar-refractivity contribution in [1.82, 2.24) is 9.78 Å². The van der Waals surface area contributed by atoms with Gasteiger partial charge in [-0.15, -0.1) is 0 Å². The van der Waals surface area contributed by atoms with Crippen LogP contribution in [-0.4, -0.2) is 26.0 Å². The van der Waals surface area contributed by atoms with Crippen LogP contribution in [0.15, 0.2) is 30.5 Å². The molecule has 2 rings (SSSR count). The zero-order valence-electron chi connectivity index (χ0n) is 10.4. The highest BCUT2D eigenvalue weighted by atomic mass is 16.5. The molecule has 0 spiro atoms. The molecular weight excluding hydrogens is 248 g/mol. The molecular formula is C13H14N2O4. The van der Waals surface area contributed by atoms with Gasteiger partial charge in [-0.3, -0.25) is 9.48 Å². The van der Waals surface area contributed by atoms with Crippen molar-refractivity contribution in [2.45, 2.75) is 19.9 Å². The second-order valence-electron chi connectivity index (χ2n) is 4.06. The number of hydrogen-bond acceptors (Lipinski definition) is 4. The summed E-state index contributed by atoms with van der Waals surface area (Å²) in [5.41, 5.74) is 0.740. The van der Waals surface area contributed by atoms with Crippen LogP contribution in [0, 0.1) is 6.92 Å². The summed E-state index contributed by atoms with van der Waals surface area (Å²) in [7, 11) is 0. The number of benzene rings is 1. The summed E-state index contributed by atoms with van der Waals surface area (Å²) in [4.78, 5) is 10.5. The normalized spacial score (nSPS) is 10.4. The first-order valence-electron chi connectivity index (χ1n) is 5.77. The number of phenols is 1. The first kappa shape index (κ1) is 12.9. The first-order valence-corrected chi connectivity index (χ1v) is 5.77. The fourth-order valence-corrected chi connectivity index (χ4v) is 1.63. The van der Waals surface area contributed by atoms with Gasteiger partial charge < -0.3 is 14.9 Å². The number of ether oxygens (including phenoxy) is 1. The number of aromatic hydroxyl groups is 1. The van der Waals surface area contributed by atoms with Gasteiger partial charge in [0.05, 0.1) is 24.9 Å². The molecule has 2 N–H and O–H groups in total. The summed E-state index contributed by atoms with van der Waals surface area (Å²) >= 11 is 0. The monoisotopic (exact) mass is 262 g/mol. The van der Waals surface area contributed by atoms with E-state index >= 15 is 0 Å². The van der Waals surface area contributed by atoms with Crippen LogP contribution in [0.3, 0.4) is 0 Å². The number of aliphatic carboxylic acids is 1. The Kier molecular flexibility index (Phi) is 3.70. The molecule has 19 heavy (non-hydrogen) atoms. The fraction of sp³-hybridized carbons (Fsp3) is 0.231. The quantitative estimate of drug-likeness (QED) is 0.862. The average molecular weight is 262 g/mol. The van der Waals surface area contributed by atoms with Gasteiger partial charge in [-0.05, 0) is 19.1 Å². The maximum atomic E-state index is 10.5. The fourth-order valence-electron chi connectivity index (χ4n) is 1.63. The minimum absolute atomic E-state index is 0.00802. The predicted octanol–water partition coefficient (Wildman–Crippen LogP) is 2.16. The van der Waals surface area contributed by atoms with Crippen molar-refractivity contribution in [2.24, 2.45) is 0 Å². The van der Waals surface area contributed by atoms with Crippen molar-refractivity contribution in [1.29, 1.82) is 0 Å². The molecule has 6 nitrogen and oxygen atoms in total. The van der Waals surface area contributed by atoms with Crippen LogP contribution in [0.1, 0.15) is 12.1 Å². The van der Waals surface area contributed by atoms with Gasteiger partial charge in [0, 0.05) is 6.07 Å². The Morgan fingerprint density at radius 1 is 1.47 bits per heavy atom. The first-order chi connectivity index (χ1) is 9.06. The largest absolute Gasteiger partial charge is 0.508 e. The Hall–Kier alpha value is -2.50. The van der Waals surface area contributed by atoms with Gasteiger partial charge in [-0.25, -0.2) is 0 Å². The zero-order chi connectivity index (χ0) is 13.8. The van der Waals surface area contributed by atoms with Gasteiger partial charge in [-0.1, -0.05) is 6.07 Å². The van der Waals surface area contributed by atoms with Crippen LogP contribution < -0.4 is 4.74 Å². The average Bonchev–Trinajstić information content (AvgIpc) is 2.68. The number of carboxylic acid groups (broad SMARTS) is 1. The Bertz CT molecular complexity index is 592. The second kappa shape index (κ2) is 5.43. The van der Waals surface area contributed by atoms with Crippen molar-refractivity contribution < 1.29 is 19.7 Å². The van der Waals surface area contributed by atoms with E-state index in [1.807, 2.05) is 0 Å². The molecule has 1 aromatic carbocycles. The Labute approximate surface area is 109 Å². The van der Waals surface area contributed by atoms with E-state index in [0.717, 1.165) is 5.69 Å². The van der Waals surface area contributed by atoms with Crippen molar-refractivity contribution in [3.8, 4) is 17.2 Å². The van der Waals surface area contributed by atoms with E-state index in [4.69, 9.17) is 9.84 Å². The molecule has 1 heterocycles. The SMILES string of the molecule is Cc1c(Oc2cccc(O)c2)cnn1CCC(=O)O. The number of carbonyl (C=O) groups is 1. The van der Waals surface area contributed by atoms with E-state index in [9.17, 15) is 9.90 Å². The van der Waals surface area contributed by atoms with Crippen LogP contribution in [-0.2, 0) is 11.3 Å². The van der Waals surface area contributed by atoms with Crippen LogP contribution in [0.4, 0.5) is 0 Å². The van der Waals surface area contributed by atoms with Gasteiger partial charge in [-0.2, -0.15) is 5.10 Å². The molecule has 0 amide bonds. The van der Waals surface area contributed by atoms with Gasteiger partial charge in [0.1, 0.15) is 11.5 Å². The Morgan fingerprint density at radius 2 is 2.26 bits per heavy atom. The van der Waals surface area contributed by atoms with E-state index in [0.29, 0.717) is 18.0 Å². The highest BCUT2D eigenvalue weighted by Gasteiger charge is 2.10. The summed E-state index contributed by atoms with van der Waals surface area (Å²) in [5, 5.41) is 22.1. The molecule has 0 atom stereocenters. The summed E-state index contributed by atoms with van der Waals surface area (Å²) in [6, 6.07) is 6.44. The minimum Gasteiger partial charge on any atom is -0.508 e. The van der Waals surface area contributed by atoms with Crippen LogP contribution in [0.25, 0.3) is 0 Å². The van der Waals surface area contributed by atoms with E-state index in [2.05, 4.69) is 5.10 Å². The smallest absolute Gasteiger partial charge is 0.305 e. The number of nitrogens with zero attached hydrogens (tertiary/aromatic N) is 2. The summed E-state index contributed by atoms with van der Waals surface area (Å²) < 4.78 is 7.16. The second-order valence-corrected chi connectivity index (χ2v) is 4.06. The molecule has 1 aromatic heterocycles. The third-order valence-electron chi connectivity index (χ3n) is 2.64. The van der Waals surface area contributed by atoms with E-state index < -0.39 is 5.97 Å². The van der Waals surface area contributed by atoms with Gasteiger partial charge >= 0.3 is 5.97 Å². The highest BCUT2D eigenvalue weighted by Crippen LogP contribution is 2.26. The lowest BCUT2D eigenvalue weighted by molar-refractivity contribution is -0.137. The lowest BCUT2D eigenvalue weighted by Gasteiger charge is -2.06. The zero-order valence-corrected chi connectivity index (χ0v) is 10.4. The van der Waals surface area contributed by atoms with Crippen molar-refractivity contribution >= 4 is 5.97 Å². The molecule has 0 saturated heterocycles. The number of hydrogen-bond donors (Lipinski definition) is 2. The maximum Gasteiger partial charge on any atom is 0.305 e. The lowest BCUT2D eigenvalue weighted by Crippen LogP contribution is -2.07. The summed E-state index contributed by atoms with van der Waals surface area (Å²) in [5.74, 6) is 0.288. The number of carboxylic acids is 1. The standard InChI is InChI=1S/C13H14N2O4/c1-9-12(8-14-15(9)6-5-13(17)18)19-11-4-2-3-10(16)7-11/h2-4,7-8,16H,5-6H2,1H3,(H,17,18). The Balaban J connectivity index is 2.11. The van der Waals surface area contributed by atoms with Crippen LogP contribution in [0.2, 0.25) is 0 Å². The number of aromatic nitrogens is 2.